The standard InChI is InChI=1S/C21H25F3N4O4/c1-12-10-27-13(14-9-25-16(28(12)14)18(2,30)21(22,23)24)8-15(26-27)20-6-4-19(5-7-20,11-32-20)17(29)31-3/h8-9,12,30H,4-7,10-11H2,1-3H3/t12-,18+,19?,20?/m0/s1. The molecule has 0 aromatic carbocycles. The molecule has 4 aliphatic rings. The van der Waals surface area contributed by atoms with Crippen LogP contribution in [0.15, 0.2) is 12.3 Å². The van der Waals surface area contributed by atoms with Gasteiger partial charge in [-0.2, -0.15) is 18.3 Å². The molecule has 2 bridgehead atoms. The average Bonchev–Trinajstić information content (AvgIpc) is 3.39. The van der Waals surface area contributed by atoms with E-state index in [4.69, 9.17) is 14.6 Å². The fourth-order valence-electron chi connectivity index (χ4n) is 5.31. The largest absolute Gasteiger partial charge is 0.469 e. The van der Waals surface area contributed by atoms with Gasteiger partial charge in [0, 0.05) is 0 Å². The van der Waals surface area contributed by atoms with E-state index in [-0.39, 0.29) is 18.6 Å². The molecule has 2 saturated heterocycles. The Labute approximate surface area is 182 Å². The van der Waals surface area contributed by atoms with Crippen LogP contribution in [0.5, 0.6) is 0 Å². The van der Waals surface area contributed by atoms with E-state index in [1.54, 1.807) is 11.6 Å². The van der Waals surface area contributed by atoms with Crippen LogP contribution in [0, 0.1) is 5.41 Å². The minimum absolute atomic E-state index is 0.253. The third-order valence-corrected chi connectivity index (χ3v) is 7.43. The van der Waals surface area contributed by atoms with Crippen molar-refractivity contribution in [2.45, 2.75) is 69.5 Å². The lowest BCUT2D eigenvalue weighted by atomic mass is 9.65. The summed E-state index contributed by atoms with van der Waals surface area (Å²) in [4.78, 5) is 16.2. The molecule has 32 heavy (non-hydrogen) atoms. The van der Waals surface area contributed by atoms with E-state index in [0.717, 1.165) is 6.92 Å². The van der Waals surface area contributed by atoms with Gasteiger partial charge in [-0.15, -0.1) is 0 Å². The average molecular weight is 454 g/mol. The Kier molecular flexibility index (Phi) is 4.40. The molecule has 2 aromatic rings. The molecule has 0 radical (unpaired) electrons. The number of fused-ring (bicyclic) bond motifs is 6. The summed E-state index contributed by atoms with van der Waals surface area (Å²) in [6.45, 7) is 3.08. The number of nitrogens with zero attached hydrogens (tertiary/aromatic N) is 4. The van der Waals surface area contributed by atoms with Gasteiger partial charge >= 0.3 is 12.1 Å². The van der Waals surface area contributed by atoms with Crippen LogP contribution < -0.4 is 0 Å². The van der Waals surface area contributed by atoms with E-state index in [1.807, 2.05) is 6.07 Å². The number of imidazole rings is 1. The van der Waals surface area contributed by atoms with E-state index in [2.05, 4.69) is 4.98 Å². The zero-order valence-electron chi connectivity index (χ0n) is 18.1. The third-order valence-electron chi connectivity index (χ3n) is 7.43. The quantitative estimate of drug-likeness (QED) is 0.717. The van der Waals surface area contributed by atoms with Gasteiger partial charge in [0.1, 0.15) is 5.60 Å². The summed E-state index contributed by atoms with van der Waals surface area (Å²) in [7, 11) is 1.38. The Hall–Kier alpha value is -2.40. The molecule has 0 unspecified atom stereocenters. The smallest absolute Gasteiger partial charge is 0.424 e. The van der Waals surface area contributed by atoms with E-state index in [9.17, 15) is 23.1 Å². The predicted octanol–water partition coefficient (Wildman–Crippen LogP) is 3.05. The van der Waals surface area contributed by atoms with Crippen LogP contribution in [0.3, 0.4) is 0 Å². The number of ether oxygens (including phenoxy) is 2. The molecule has 2 atom stereocenters. The van der Waals surface area contributed by atoms with Gasteiger partial charge in [-0.05, 0) is 45.6 Å². The fourth-order valence-corrected chi connectivity index (χ4v) is 5.31. The van der Waals surface area contributed by atoms with Crippen molar-refractivity contribution in [2.24, 2.45) is 5.41 Å². The Morgan fingerprint density at radius 3 is 2.53 bits per heavy atom. The Morgan fingerprint density at radius 2 is 1.97 bits per heavy atom. The Balaban J connectivity index is 1.51. The monoisotopic (exact) mass is 454 g/mol. The van der Waals surface area contributed by atoms with Crippen LogP contribution in [-0.4, -0.2) is 50.3 Å². The number of hydrogen-bond acceptors (Lipinski definition) is 6. The first-order valence-electron chi connectivity index (χ1n) is 10.6. The molecule has 5 heterocycles. The predicted molar refractivity (Wildman–Crippen MR) is 104 cm³/mol. The summed E-state index contributed by atoms with van der Waals surface area (Å²) in [5, 5.41) is 15.0. The van der Waals surface area contributed by atoms with E-state index in [0.29, 0.717) is 49.3 Å². The summed E-state index contributed by atoms with van der Waals surface area (Å²) in [6.07, 6.45) is -1.02. The number of aromatic nitrogens is 4. The first-order chi connectivity index (χ1) is 14.9. The molecule has 2 aromatic heterocycles. The van der Waals surface area contributed by atoms with E-state index >= 15 is 0 Å². The van der Waals surface area contributed by atoms with Crippen LogP contribution in [0.25, 0.3) is 11.4 Å². The van der Waals surface area contributed by atoms with Gasteiger partial charge in [-0.25, -0.2) is 4.98 Å². The van der Waals surface area contributed by atoms with Gasteiger partial charge in [-0.1, -0.05) is 0 Å². The number of rotatable bonds is 3. The number of esters is 1. The maximum Gasteiger partial charge on any atom is 0.424 e. The first-order valence-corrected chi connectivity index (χ1v) is 10.6. The lowest BCUT2D eigenvalue weighted by Gasteiger charge is -2.50. The number of aliphatic hydroxyl groups is 1. The number of alkyl halides is 3. The minimum atomic E-state index is -4.86. The summed E-state index contributed by atoms with van der Waals surface area (Å²) >= 11 is 0. The molecule has 8 nitrogen and oxygen atoms in total. The second kappa shape index (κ2) is 6.57. The lowest BCUT2D eigenvalue weighted by Crippen LogP contribution is -2.53. The van der Waals surface area contributed by atoms with Crippen molar-refractivity contribution in [3.05, 3.63) is 23.8 Å². The normalized spacial score (nSPS) is 31.0. The number of halogens is 3. The summed E-state index contributed by atoms with van der Waals surface area (Å²) in [5.74, 6) is -0.689. The van der Waals surface area contributed by atoms with Gasteiger partial charge in [0.25, 0.3) is 0 Å². The van der Waals surface area contributed by atoms with Crippen LogP contribution >= 0.6 is 0 Å². The van der Waals surface area contributed by atoms with Crippen molar-refractivity contribution in [3.63, 3.8) is 0 Å². The summed E-state index contributed by atoms with van der Waals surface area (Å²) in [6, 6.07) is 1.45. The maximum atomic E-state index is 13.5. The molecular formula is C21H25F3N4O4. The molecule has 0 spiro atoms. The molecule has 174 valence electrons. The highest BCUT2D eigenvalue weighted by Crippen LogP contribution is 2.54. The molecular weight excluding hydrogens is 429 g/mol. The molecule has 1 aliphatic carbocycles. The molecule has 0 amide bonds. The highest BCUT2D eigenvalue weighted by molar-refractivity contribution is 5.77. The second-order valence-electron chi connectivity index (χ2n) is 9.41. The van der Waals surface area contributed by atoms with Crippen molar-refractivity contribution >= 4 is 5.97 Å². The van der Waals surface area contributed by atoms with E-state index in [1.165, 1.54) is 17.9 Å². The van der Waals surface area contributed by atoms with Gasteiger partial charge in [0.15, 0.2) is 5.82 Å². The number of carbonyl (C=O) groups excluding carboxylic acids is 1. The minimum Gasteiger partial charge on any atom is -0.469 e. The van der Waals surface area contributed by atoms with Crippen molar-refractivity contribution in [3.8, 4) is 11.4 Å². The highest BCUT2D eigenvalue weighted by Gasteiger charge is 2.57. The number of hydrogen-bond donors (Lipinski definition) is 1. The molecule has 1 N–H and O–H groups in total. The topological polar surface area (TPSA) is 91.4 Å². The van der Waals surface area contributed by atoms with Crippen LogP contribution in [0.1, 0.15) is 57.1 Å². The molecule has 11 heteroatoms. The van der Waals surface area contributed by atoms with Crippen molar-refractivity contribution in [1.29, 1.82) is 0 Å². The van der Waals surface area contributed by atoms with Gasteiger partial charge < -0.3 is 19.1 Å². The Bertz CT molecular complexity index is 1060. The van der Waals surface area contributed by atoms with Crippen molar-refractivity contribution in [2.75, 3.05) is 13.7 Å². The maximum absolute atomic E-state index is 13.5. The van der Waals surface area contributed by atoms with Crippen molar-refractivity contribution in [1.82, 2.24) is 19.3 Å². The van der Waals surface area contributed by atoms with E-state index < -0.39 is 28.6 Å². The van der Waals surface area contributed by atoms with Crippen LogP contribution in [-0.2, 0) is 32.0 Å². The van der Waals surface area contributed by atoms with Crippen molar-refractivity contribution < 1.29 is 32.5 Å². The van der Waals surface area contributed by atoms with Gasteiger partial charge in [0.2, 0.25) is 5.60 Å². The molecule has 3 aliphatic heterocycles. The highest BCUT2D eigenvalue weighted by atomic mass is 19.4. The number of methoxy groups -OCH3 is 1. The summed E-state index contributed by atoms with van der Waals surface area (Å²) in [5.41, 5.74) is -2.51. The molecule has 6 rings (SSSR count). The zero-order valence-corrected chi connectivity index (χ0v) is 18.1. The molecule has 1 saturated carbocycles. The zero-order chi connectivity index (χ0) is 23.1. The summed E-state index contributed by atoms with van der Waals surface area (Å²) < 4.78 is 54.8. The lowest BCUT2D eigenvalue weighted by molar-refractivity contribution is -0.262. The second-order valence-corrected chi connectivity index (χ2v) is 9.41. The molecule has 3 fully saturated rings. The fraction of sp³-hybridized carbons (Fsp3) is 0.667. The SMILES string of the molecule is COC(=O)C12CCC(c3cc4n(n3)C[C@H](C)n3c-4cnc3[C@@](C)(O)C(F)(F)F)(CC1)OC2. The third kappa shape index (κ3) is 2.73. The van der Waals surface area contributed by atoms with Gasteiger partial charge in [0.05, 0.1) is 55.0 Å². The Morgan fingerprint density at radius 1 is 1.28 bits per heavy atom. The number of carbonyl (C=O) groups is 1. The first kappa shape index (κ1) is 21.4. The van der Waals surface area contributed by atoms with Crippen LogP contribution in [0.2, 0.25) is 0 Å². The van der Waals surface area contributed by atoms with Crippen LogP contribution in [0.4, 0.5) is 13.2 Å². The van der Waals surface area contributed by atoms with Gasteiger partial charge in [-0.3, -0.25) is 9.48 Å².